The number of carbonyl (C=O) groups excluding carboxylic acids is 2. The molecular formula is C22H26O5SSi. The zero-order chi connectivity index (χ0) is 21.9. The molecule has 7 heteroatoms. The smallest absolute Gasteiger partial charge is 0.304 e. The van der Waals surface area contributed by atoms with Crippen LogP contribution in [-0.4, -0.2) is 36.9 Å². The first kappa shape index (κ1) is 24.4. The third-order valence-electron chi connectivity index (χ3n) is 3.19. The maximum Gasteiger partial charge on any atom is 0.304 e. The van der Waals surface area contributed by atoms with Crippen LogP contribution < -0.4 is 0 Å². The van der Waals surface area contributed by atoms with Crippen molar-refractivity contribution in [2.24, 2.45) is 0 Å². The Bertz CT molecular complexity index is 892. The SMILES string of the molecule is CC(=O)OCC/C=C(/[C@@H](C#CC#C[Si](C)(C)C)OC(C)=O)[S@@](=O)c1ccccc1. The Morgan fingerprint density at radius 1 is 1.10 bits per heavy atom. The minimum atomic E-state index is -1.60. The molecule has 0 heterocycles. The summed E-state index contributed by atoms with van der Waals surface area (Å²) < 4.78 is 23.4. The van der Waals surface area contributed by atoms with Gasteiger partial charge in [-0.15, -0.1) is 5.54 Å². The Morgan fingerprint density at radius 3 is 2.31 bits per heavy atom. The van der Waals surface area contributed by atoms with Gasteiger partial charge in [-0.2, -0.15) is 0 Å². The fraction of sp³-hybridized carbons (Fsp3) is 0.364. The molecule has 29 heavy (non-hydrogen) atoms. The van der Waals surface area contributed by atoms with E-state index in [1.54, 1.807) is 30.3 Å². The van der Waals surface area contributed by atoms with Gasteiger partial charge in [0.1, 0.15) is 8.07 Å². The lowest BCUT2D eigenvalue weighted by atomic mass is 10.2. The number of ether oxygens (including phenoxy) is 2. The van der Waals surface area contributed by atoms with Crippen molar-refractivity contribution in [1.29, 1.82) is 0 Å². The van der Waals surface area contributed by atoms with Crippen LogP contribution in [0.2, 0.25) is 19.6 Å². The predicted octanol–water partition coefficient (Wildman–Crippen LogP) is 3.45. The van der Waals surface area contributed by atoms with Crippen LogP contribution in [0, 0.1) is 23.3 Å². The average molecular weight is 431 g/mol. The van der Waals surface area contributed by atoms with Crippen molar-refractivity contribution < 1.29 is 23.3 Å². The zero-order valence-electron chi connectivity index (χ0n) is 17.4. The lowest BCUT2D eigenvalue weighted by Gasteiger charge is -2.15. The molecule has 1 aromatic rings. The molecule has 0 saturated heterocycles. The van der Waals surface area contributed by atoms with Gasteiger partial charge in [0.05, 0.1) is 22.3 Å². The number of hydrogen-bond donors (Lipinski definition) is 0. The molecule has 0 bridgehead atoms. The van der Waals surface area contributed by atoms with E-state index in [2.05, 4.69) is 42.9 Å². The van der Waals surface area contributed by atoms with E-state index < -0.39 is 36.9 Å². The average Bonchev–Trinajstić information content (AvgIpc) is 2.63. The minimum Gasteiger partial charge on any atom is -0.466 e. The summed E-state index contributed by atoms with van der Waals surface area (Å²) in [5, 5.41) is 0. The van der Waals surface area contributed by atoms with Crippen molar-refractivity contribution in [2.45, 2.75) is 50.9 Å². The van der Waals surface area contributed by atoms with Crippen LogP contribution in [0.15, 0.2) is 46.2 Å². The van der Waals surface area contributed by atoms with Gasteiger partial charge in [0.25, 0.3) is 0 Å². The second-order valence-corrected chi connectivity index (χ2v) is 13.3. The molecule has 5 nitrogen and oxygen atoms in total. The number of hydrogen-bond acceptors (Lipinski definition) is 5. The topological polar surface area (TPSA) is 69.7 Å². The third-order valence-corrected chi connectivity index (χ3v) is 5.57. The molecule has 154 valence electrons. The molecule has 0 fully saturated rings. The maximum atomic E-state index is 13.1. The fourth-order valence-corrected chi connectivity index (χ4v) is 3.69. The molecule has 0 unspecified atom stereocenters. The monoisotopic (exact) mass is 430 g/mol. The lowest BCUT2D eigenvalue weighted by molar-refractivity contribution is -0.142. The molecule has 0 aliphatic rings. The minimum absolute atomic E-state index is 0.125. The quantitative estimate of drug-likeness (QED) is 0.287. The van der Waals surface area contributed by atoms with Gasteiger partial charge < -0.3 is 9.47 Å². The van der Waals surface area contributed by atoms with E-state index in [9.17, 15) is 13.8 Å². The van der Waals surface area contributed by atoms with Crippen LogP contribution in [0.25, 0.3) is 0 Å². The van der Waals surface area contributed by atoms with E-state index in [0.29, 0.717) is 16.2 Å². The molecule has 0 aromatic heterocycles. The Labute approximate surface area is 176 Å². The van der Waals surface area contributed by atoms with E-state index >= 15 is 0 Å². The second kappa shape index (κ2) is 12.1. The van der Waals surface area contributed by atoms with E-state index in [-0.39, 0.29) is 6.61 Å². The Kier molecular flexibility index (Phi) is 10.2. The summed E-state index contributed by atoms with van der Waals surface area (Å²) in [6.45, 7) is 8.99. The zero-order valence-corrected chi connectivity index (χ0v) is 19.2. The normalized spacial score (nSPS) is 13.1. The van der Waals surface area contributed by atoms with E-state index in [1.807, 2.05) is 6.07 Å². The van der Waals surface area contributed by atoms with Crippen molar-refractivity contribution in [3.05, 3.63) is 41.3 Å². The molecule has 1 rings (SSSR count). The summed E-state index contributed by atoms with van der Waals surface area (Å²) in [6, 6.07) is 8.81. The maximum absolute atomic E-state index is 13.1. The molecule has 0 radical (unpaired) electrons. The van der Waals surface area contributed by atoms with Crippen molar-refractivity contribution in [2.75, 3.05) is 6.61 Å². The van der Waals surface area contributed by atoms with E-state index in [0.717, 1.165) is 0 Å². The summed E-state index contributed by atoms with van der Waals surface area (Å²) in [5.41, 5.74) is 3.12. The third kappa shape index (κ3) is 10.5. The molecule has 1 aromatic carbocycles. The van der Waals surface area contributed by atoms with Gasteiger partial charge in [-0.05, 0) is 29.9 Å². The van der Waals surface area contributed by atoms with E-state index in [1.165, 1.54) is 13.8 Å². The van der Waals surface area contributed by atoms with Gasteiger partial charge in [-0.1, -0.05) is 43.9 Å². The van der Waals surface area contributed by atoms with E-state index in [4.69, 9.17) is 9.47 Å². The van der Waals surface area contributed by atoms with Crippen molar-refractivity contribution in [3.8, 4) is 23.3 Å². The van der Waals surface area contributed by atoms with Gasteiger partial charge in [0.15, 0.2) is 6.10 Å². The summed E-state index contributed by atoms with van der Waals surface area (Å²) in [4.78, 5) is 23.5. The predicted molar refractivity (Wildman–Crippen MR) is 117 cm³/mol. The van der Waals surface area contributed by atoms with Crippen LogP contribution in [0.5, 0.6) is 0 Å². The first-order valence-electron chi connectivity index (χ1n) is 9.10. The fourth-order valence-electron chi connectivity index (χ4n) is 2.01. The summed E-state index contributed by atoms with van der Waals surface area (Å²) in [6.07, 6.45) is 0.940. The Morgan fingerprint density at radius 2 is 1.76 bits per heavy atom. The van der Waals surface area contributed by atoms with Crippen LogP contribution >= 0.6 is 0 Å². The largest absolute Gasteiger partial charge is 0.466 e. The molecule has 0 saturated carbocycles. The van der Waals surface area contributed by atoms with Gasteiger partial charge in [-0.25, -0.2) is 4.21 Å². The highest BCUT2D eigenvalue weighted by Gasteiger charge is 2.22. The molecule has 0 spiro atoms. The summed E-state index contributed by atoms with van der Waals surface area (Å²) >= 11 is 0. The number of carbonyl (C=O) groups is 2. The number of rotatable bonds is 7. The first-order chi connectivity index (χ1) is 13.6. The highest BCUT2D eigenvalue weighted by molar-refractivity contribution is 7.89. The van der Waals surface area contributed by atoms with Crippen LogP contribution in [0.3, 0.4) is 0 Å². The number of benzene rings is 1. The van der Waals surface area contributed by atoms with Gasteiger partial charge in [0, 0.05) is 25.2 Å². The highest BCUT2D eigenvalue weighted by Crippen LogP contribution is 2.20. The van der Waals surface area contributed by atoms with Crippen LogP contribution in [0.4, 0.5) is 0 Å². The molecule has 0 aliphatic carbocycles. The van der Waals surface area contributed by atoms with Crippen molar-refractivity contribution in [1.82, 2.24) is 0 Å². The molecule has 0 aliphatic heterocycles. The first-order valence-corrected chi connectivity index (χ1v) is 13.8. The van der Waals surface area contributed by atoms with Crippen LogP contribution in [0.1, 0.15) is 20.3 Å². The van der Waals surface area contributed by atoms with Crippen molar-refractivity contribution >= 4 is 30.8 Å². The summed E-state index contributed by atoms with van der Waals surface area (Å²) in [5.74, 6) is 7.40. The van der Waals surface area contributed by atoms with Gasteiger partial charge >= 0.3 is 11.9 Å². The Balaban J connectivity index is 3.26. The standard InChI is InChI=1S/C22H26O5SSi/c1-18(23)26-16-11-15-22(28(25)20-12-7-6-8-13-20)21(27-19(2)24)14-9-10-17-29(3,4)5/h6-8,12-13,15,21H,11,16H2,1-5H3/b22-15-/t21-,28+/m1/s1. The molecule has 0 amide bonds. The highest BCUT2D eigenvalue weighted by atomic mass is 32.2. The van der Waals surface area contributed by atoms with Crippen molar-refractivity contribution in [3.63, 3.8) is 0 Å². The molecular weight excluding hydrogens is 404 g/mol. The Hall–Kier alpha value is -2.61. The second-order valence-electron chi connectivity index (χ2n) is 7.08. The van der Waals surface area contributed by atoms with Gasteiger partial charge in [0.2, 0.25) is 0 Å². The molecule has 0 N–H and O–H groups in total. The molecule has 2 atom stereocenters. The van der Waals surface area contributed by atoms with Gasteiger partial charge in [-0.3, -0.25) is 9.59 Å². The lowest BCUT2D eigenvalue weighted by Crippen LogP contribution is -2.20. The number of esters is 2. The summed E-state index contributed by atoms with van der Waals surface area (Å²) in [7, 11) is -3.20. The van der Waals surface area contributed by atoms with Crippen LogP contribution in [-0.2, 0) is 29.9 Å².